The second-order valence-electron chi connectivity index (χ2n) is 4.94. The van der Waals surface area contributed by atoms with Gasteiger partial charge in [-0.3, -0.25) is 4.79 Å². The molecule has 5 nitrogen and oxygen atoms in total. The lowest BCUT2D eigenvalue weighted by Crippen LogP contribution is -2.50. The maximum atomic E-state index is 12.4. The highest BCUT2D eigenvalue weighted by atomic mass is 35.5. The van der Waals surface area contributed by atoms with Gasteiger partial charge in [-0.15, -0.1) is 0 Å². The monoisotopic (exact) mass is 310 g/mol. The van der Waals surface area contributed by atoms with Crippen molar-refractivity contribution in [2.75, 3.05) is 32.8 Å². The van der Waals surface area contributed by atoms with Crippen LogP contribution < -0.4 is 0 Å². The summed E-state index contributed by atoms with van der Waals surface area (Å²) in [5.41, 5.74) is 1.52. The highest BCUT2D eigenvalue weighted by Crippen LogP contribution is 2.18. The summed E-state index contributed by atoms with van der Waals surface area (Å²) < 4.78 is 4.96. The summed E-state index contributed by atoms with van der Waals surface area (Å²) in [5.74, 6) is -0.0552. The van der Waals surface area contributed by atoms with E-state index in [1.807, 2.05) is 13.0 Å². The van der Waals surface area contributed by atoms with Gasteiger partial charge in [-0.2, -0.15) is 0 Å². The number of amides is 2. The van der Waals surface area contributed by atoms with Crippen molar-refractivity contribution < 1.29 is 14.3 Å². The van der Waals surface area contributed by atoms with Crippen LogP contribution in [0.1, 0.15) is 22.8 Å². The summed E-state index contributed by atoms with van der Waals surface area (Å²) in [6, 6.07) is 5.31. The van der Waals surface area contributed by atoms with E-state index in [9.17, 15) is 9.59 Å². The summed E-state index contributed by atoms with van der Waals surface area (Å²) >= 11 is 6.06. The molecule has 0 unspecified atom stereocenters. The number of carbonyl (C=O) groups is 2. The molecular formula is C15H19ClN2O3. The van der Waals surface area contributed by atoms with Gasteiger partial charge < -0.3 is 14.5 Å². The van der Waals surface area contributed by atoms with Crippen LogP contribution >= 0.6 is 11.6 Å². The van der Waals surface area contributed by atoms with Gasteiger partial charge in [0.15, 0.2) is 0 Å². The van der Waals surface area contributed by atoms with Crippen LogP contribution in [-0.4, -0.2) is 54.6 Å². The Morgan fingerprint density at radius 2 is 1.81 bits per heavy atom. The fourth-order valence-corrected chi connectivity index (χ4v) is 2.40. The molecule has 6 heteroatoms. The summed E-state index contributed by atoms with van der Waals surface area (Å²) in [5, 5.41) is 0.589. The third-order valence-electron chi connectivity index (χ3n) is 3.51. The molecule has 2 amide bonds. The van der Waals surface area contributed by atoms with Crippen LogP contribution in [0.25, 0.3) is 0 Å². The molecule has 0 spiro atoms. The standard InChI is InChI=1S/C15H19ClN2O3/c1-3-21-15(20)18-8-6-17(7-9-18)14(19)12-5-4-11(2)13(16)10-12/h4-5,10H,3,6-9H2,1-2H3. The lowest BCUT2D eigenvalue weighted by molar-refractivity contribution is 0.0570. The highest BCUT2D eigenvalue weighted by Gasteiger charge is 2.25. The molecule has 1 aromatic rings. The van der Waals surface area contributed by atoms with Gasteiger partial charge in [-0.25, -0.2) is 4.79 Å². The van der Waals surface area contributed by atoms with Gasteiger partial charge in [-0.05, 0) is 31.5 Å². The maximum absolute atomic E-state index is 12.4. The number of benzene rings is 1. The van der Waals surface area contributed by atoms with Crippen LogP contribution in [0.5, 0.6) is 0 Å². The molecule has 0 bridgehead atoms. The van der Waals surface area contributed by atoms with Crippen LogP contribution in [0.4, 0.5) is 4.79 Å². The minimum absolute atomic E-state index is 0.0552. The maximum Gasteiger partial charge on any atom is 0.409 e. The molecule has 0 atom stereocenters. The number of hydrogen-bond donors (Lipinski definition) is 0. The second kappa shape index (κ2) is 6.80. The molecule has 1 aliphatic heterocycles. The van der Waals surface area contributed by atoms with E-state index in [1.54, 1.807) is 28.9 Å². The van der Waals surface area contributed by atoms with Crippen molar-refractivity contribution in [2.24, 2.45) is 0 Å². The van der Waals surface area contributed by atoms with E-state index in [-0.39, 0.29) is 12.0 Å². The van der Waals surface area contributed by atoms with E-state index >= 15 is 0 Å². The van der Waals surface area contributed by atoms with Gasteiger partial charge in [-0.1, -0.05) is 17.7 Å². The minimum atomic E-state index is -0.317. The van der Waals surface area contributed by atoms with Crippen molar-refractivity contribution >= 4 is 23.6 Å². The molecule has 1 fully saturated rings. The van der Waals surface area contributed by atoms with E-state index in [4.69, 9.17) is 16.3 Å². The number of hydrogen-bond acceptors (Lipinski definition) is 3. The van der Waals surface area contributed by atoms with Crippen molar-refractivity contribution in [3.05, 3.63) is 34.3 Å². The Bertz CT molecular complexity index is 540. The SMILES string of the molecule is CCOC(=O)N1CCN(C(=O)c2ccc(C)c(Cl)c2)CC1. The third kappa shape index (κ3) is 3.67. The van der Waals surface area contributed by atoms with E-state index in [2.05, 4.69) is 0 Å². The average Bonchev–Trinajstić information content (AvgIpc) is 2.50. The average molecular weight is 311 g/mol. The molecule has 0 saturated carbocycles. The number of carbonyl (C=O) groups excluding carboxylic acids is 2. The fourth-order valence-electron chi connectivity index (χ4n) is 2.22. The number of rotatable bonds is 2. The fraction of sp³-hybridized carbons (Fsp3) is 0.467. The molecule has 1 aliphatic rings. The normalized spacial score (nSPS) is 15.0. The summed E-state index contributed by atoms with van der Waals surface area (Å²) in [6.45, 7) is 6.02. The van der Waals surface area contributed by atoms with E-state index < -0.39 is 0 Å². The Kier molecular flexibility index (Phi) is 5.07. The number of aryl methyl sites for hydroxylation is 1. The quantitative estimate of drug-likeness (QED) is 0.843. The van der Waals surface area contributed by atoms with Crippen molar-refractivity contribution in [3.8, 4) is 0 Å². The predicted molar refractivity (Wildman–Crippen MR) is 80.7 cm³/mol. The molecule has 21 heavy (non-hydrogen) atoms. The summed E-state index contributed by atoms with van der Waals surface area (Å²) in [6.07, 6.45) is -0.317. The van der Waals surface area contributed by atoms with E-state index in [0.29, 0.717) is 43.4 Å². The first-order valence-electron chi connectivity index (χ1n) is 7.00. The molecule has 114 valence electrons. The molecular weight excluding hydrogens is 292 g/mol. The number of halogens is 1. The number of nitrogens with zero attached hydrogens (tertiary/aromatic N) is 2. The largest absolute Gasteiger partial charge is 0.450 e. The Balaban J connectivity index is 1.97. The topological polar surface area (TPSA) is 49.9 Å². The number of piperazine rings is 1. The van der Waals surface area contributed by atoms with Crippen molar-refractivity contribution in [1.82, 2.24) is 9.80 Å². The Morgan fingerprint density at radius 3 is 2.38 bits per heavy atom. The minimum Gasteiger partial charge on any atom is -0.450 e. The smallest absolute Gasteiger partial charge is 0.409 e. The zero-order chi connectivity index (χ0) is 15.4. The van der Waals surface area contributed by atoms with Gasteiger partial charge >= 0.3 is 6.09 Å². The molecule has 0 radical (unpaired) electrons. The highest BCUT2D eigenvalue weighted by molar-refractivity contribution is 6.31. The van der Waals surface area contributed by atoms with Crippen molar-refractivity contribution in [3.63, 3.8) is 0 Å². The first-order chi connectivity index (χ1) is 10.0. The molecule has 0 N–H and O–H groups in total. The third-order valence-corrected chi connectivity index (χ3v) is 3.92. The van der Waals surface area contributed by atoms with Crippen LogP contribution in [0.15, 0.2) is 18.2 Å². The Labute approximate surface area is 129 Å². The van der Waals surface area contributed by atoms with Crippen molar-refractivity contribution in [1.29, 1.82) is 0 Å². The molecule has 2 rings (SSSR count). The summed E-state index contributed by atoms with van der Waals surface area (Å²) in [4.78, 5) is 27.4. The van der Waals surface area contributed by atoms with Crippen molar-refractivity contribution in [2.45, 2.75) is 13.8 Å². The van der Waals surface area contributed by atoms with Crippen LogP contribution in [-0.2, 0) is 4.74 Å². The molecule has 1 aromatic carbocycles. The first kappa shape index (κ1) is 15.6. The van der Waals surface area contributed by atoms with E-state index in [1.165, 1.54) is 0 Å². The first-order valence-corrected chi connectivity index (χ1v) is 7.38. The summed E-state index contributed by atoms with van der Waals surface area (Å²) in [7, 11) is 0. The molecule has 1 saturated heterocycles. The van der Waals surface area contributed by atoms with Gasteiger partial charge in [0.25, 0.3) is 5.91 Å². The lowest BCUT2D eigenvalue weighted by Gasteiger charge is -2.34. The predicted octanol–water partition coefficient (Wildman–Crippen LogP) is 2.56. The molecule has 0 aromatic heterocycles. The lowest BCUT2D eigenvalue weighted by atomic mass is 10.1. The van der Waals surface area contributed by atoms with Gasteiger partial charge in [0.1, 0.15) is 0 Å². The number of ether oxygens (including phenoxy) is 1. The molecule has 0 aliphatic carbocycles. The zero-order valence-electron chi connectivity index (χ0n) is 12.3. The van der Waals surface area contributed by atoms with Crippen LogP contribution in [0.2, 0.25) is 5.02 Å². The Morgan fingerprint density at radius 1 is 1.19 bits per heavy atom. The van der Waals surface area contributed by atoms with Gasteiger partial charge in [0, 0.05) is 36.8 Å². The Hall–Kier alpha value is -1.75. The van der Waals surface area contributed by atoms with Gasteiger partial charge in [0.05, 0.1) is 6.61 Å². The van der Waals surface area contributed by atoms with Crippen LogP contribution in [0, 0.1) is 6.92 Å². The van der Waals surface area contributed by atoms with Crippen LogP contribution in [0.3, 0.4) is 0 Å². The molecule has 1 heterocycles. The van der Waals surface area contributed by atoms with Gasteiger partial charge in [0.2, 0.25) is 0 Å². The zero-order valence-corrected chi connectivity index (χ0v) is 13.0. The second-order valence-corrected chi connectivity index (χ2v) is 5.35. The van der Waals surface area contributed by atoms with E-state index in [0.717, 1.165) is 5.56 Å².